The first-order valence-electron chi connectivity index (χ1n) is 2.41. The summed E-state index contributed by atoms with van der Waals surface area (Å²) in [7, 11) is 5.39. The average molecular weight is 80.9 g/mol. The standard InChI is InChI=1S/C5H10B/c1-3-5(6)4-2/h3-4H2,1-2H3. The molecule has 1 heteroatoms. The van der Waals surface area contributed by atoms with Gasteiger partial charge in [0.2, 0.25) is 0 Å². The molecule has 0 nitrogen and oxygen atoms in total. The maximum atomic E-state index is 5.39. The summed E-state index contributed by atoms with van der Waals surface area (Å²) in [6.07, 6.45) is 2.05. The van der Waals surface area contributed by atoms with Gasteiger partial charge in [-0.1, -0.05) is 0 Å². The molecule has 0 aliphatic rings. The summed E-state index contributed by atoms with van der Waals surface area (Å²) in [4.78, 5) is 0. The van der Waals surface area contributed by atoms with E-state index >= 15 is 0 Å². The predicted octanol–water partition coefficient (Wildman–Crippen LogP) is 1.15. The fraction of sp³-hybridized carbons (Fsp3) is 0.800. The summed E-state index contributed by atoms with van der Waals surface area (Å²) in [5, 5.41) is 0. The van der Waals surface area contributed by atoms with Crippen molar-refractivity contribution in [3.05, 3.63) is 0 Å². The van der Waals surface area contributed by atoms with Crippen molar-refractivity contribution in [1.82, 2.24) is 0 Å². The monoisotopic (exact) mass is 81.1 g/mol. The molecule has 0 N–H and O–H groups in total. The molecule has 0 atom stereocenters. The minimum atomic E-state index is 1.02. The molecular weight excluding hydrogens is 70.9 g/mol. The van der Waals surface area contributed by atoms with Gasteiger partial charge in [0.25, 0.3) is 0 Å². The van der Waals surface area contributed by atoms with Gasteiger partial charge in [-0.25, -0.2) is 0 Å². The molecule has 1 radical (unpaired) electrons. The second-order valence-electron chi connectivity index (χ2n) is 1.37. The fourth-order valence-corrected chi connectivity index (χ4v) is 0.250. The van der Waals surface area contributed by atoms with E-state index in [9.17, 15) is 0 Å². The molecule has 0 fully saturated rings. The summed E-state index contributed by atoms with van der Waals surface area (Å²) in [6, 6.07) is 0. The topological polar surface area (TPSA) is 0 Å². The van der Waals surface area contributed by atoms with Gasteiger partial charge in [0.05, 0.1) is 0 Å². The van der Waals surface area contributed by atoms with Gasteiger partial charge in [-0.15, -0.1) is 0 Å². The minimum absolute atomic E-state index is 1.02. The summed E-state index contributed by atoms with van der Waals surface area (Å²) in [6.45, 7) is 4.14. The molecule has 0 spiro atoms. The SMILES string of the molecule is [B]=C(CC)CC. The zero-order valence-electron chi connectivity index (χ0n) is 4.49. The van der Waals surface area contributed by atoms with E-state index in [2.05, 4.69) is 13.8 Å². The van der Waals surface area contributed by atoms with Crippen LogP contribution >= 0.6 is 0 Å². The van der Waals surface area contributed by atoms with E-state index in [0.29, 0.717) is 0 Å². The van der Waals surface area contributed by atoms with Crippen molar-refractivity contribution in [3.63, 3.8) is 0 Å². The Morgan fingerprint density at radius 2 is 1.67 bits per heavy atom. The molecule has 0 saturated carbocycles. The Balaban J connectivity index is 2.99. The van der Waals surface area contributed by atoms with Crippen LogP contribution in [0, 0.1) is 0 Å². The second-order valence-corrected chi connectivity index (χ2v) is 1.37. The first kappa shape index (κ1) is 5.93. The van der Waals surface area contributed by atoms with Gasteiger partial charge in [-0.2, -0.15) is 0 Å². The quantitative estimate of drug-likeness (QED) is 0.437. The number of hydrogen-bond donors (Lipinski definition) is 0. The summed E-state index contributed by atoms with van der Waals surface area (Å²) < 4.78 is 0. The summed E-state index contributed by atoms with van der Waals surface area (Å²) in [5.74, 6) is 0. The van der Waals surface area contributed by atoms with Gasteiger partial charge in [0.15, 0.2) is 0 Å². The third-order valence-corrected chi connectivity index (χ3v) is 0.908. The number of hydrogen-bond acceptors (Lipinski definition) is 0. The number of rotatable bonds is 2. The molecule has 0 heterocycles. The van der Waals surface area contributed by atoms with Crippen molar-refractivity contribution in [2.75, 3.05) is 0 Å². The van der Waals surface area contributed by atoms with Crippen LogP contribution in [0.25, 0.3) is 0 Å². The molecule has 0 unspecified atom stereocenters. The first-order chi connectivity index (χ1) is 2.81. The average Bonchev–Trinajstić information content (AvgIpc) is 1.65. The third kappa shape index (κ3) is 2.19. The van der Waals surface area contributed by atoms with E-state index < -0.39 is 0 Å². The van der Waals surface area contributed by atoms with Gasteiger partial charge in [0.1, 0.15) is 0 Å². The van der Waals surface area contributed by atoms with E-state index in [1.807, 2.05) is 0 Å². The summed E-state index contributed by atoms with van der Waals surface area (Å²) in [5.41, 5.74) is 1.09. The Kier molecular flexibility index (Phi) is 3.10. The molecule has 0 rings (SSSR count). The van der Waals surface area contributed by atoms with Crippen LogP contribution < -0.4 is 0 Å². The van der Waals surface area contributed by atoms with Gasteiger partial charge >= 0.3 is 39.6 Å². The van der Waals surface area contributed by atoms with Crippen molar-refractivity contribution < 1.29 is 0 Å². The van der Waals surface area contributed by atoms with Crippen molar-refractivity contribution in [2.45, 2.75) is 26.7 Å². The van der Waals surface area contributed by atoms with Crippen LogP contribution in [0.2, 0.25) is 0 Å². The van der Waals surface area contributed by atoms with E-state index in [1.165, 1.54) is 0 Å². The van der Waals surface area contributed by atoms with Crippen LogP contribution in [0.1, 0.15) is 26.7 Å². The molecule has 6 heavy (non-hydrogen) atoms. The van der Waals surface area contributed by atoms with Gasteiger partial charge in [-0.05, 0) is 0 Å². The van der Waals surface area contributed by atoms with Crippen molar-refractivity contribution in [1.29, 1.82) is 0 Å². The fourth-order valence-electron chi connectivity index (χ4n) is 0.250. The Morgan fingerprint density at radius 3 is 1.67 bits per heavy atom. The Bertz CT molecular complexity index is 41.9. The van der Waals surface area contributed by atoms with Crippen LogP contribution in [-0.4, -0.2) is 13.0 Å². The Labute approximate surface area is 40.6 Å². The van der Waals surface area contributed by atoms with Gasteiger partial charge in [0, 0.05) is 0 Å². The van der Waals surface area contributed by atoms with Crippen molar-refractivity contribution >= 4 is 13.0 Å². The molecule has 33 valence electrons. The van der Waals surface area contributed by atoms with Crippen LogP contribution in [0.3, 0.4) is 0 Å². The molecule has 0 aliphatic heterocycles. The predicted molar refractivity (Wildman–Crippen MR) is 31.3 cm³/mol. The van der Waals surface area contributed by atoms with E-state index in [-0.39, 0.29) is 0 Å². The van der Waals surface area contributed by atoms with Gasteiger partial charge < -0.3 is 0 Å². The Morgan fingerprint density at radius 1 is 1.33 bits per heavy atom. The molecule has 0 aliphatic carbocycles. The second kappa shape index (κ2) is 3.14. The molecule has 0 saturated heterocycles. The zero-order chi connectivity index (χ0) is 4.99. The van der Waals surface area contributed by atoms with Crippen LogP contribution in [0.4, 0.5) is 0 Å². The molecular formula is C5H10B. The molecule has 0 bridgehead atoms. The molecule has 0 aromatic rings. The first-order valence-corrected chi connectivity index (χ1v) is 2.41. The Hall–Kier alpha value is -0.0651. The molecule has 0 aromatic carbocycles. The van der Waals surface area contributed by atoms with E-state index in [0.717, 1.165) is 18.3 Å². The van der Waals surface area contributed by atoms with Crippen LogP contribution in [0.5, 0.6) is 0 Å². The zero-order valence-corrected chi connectivity index (χ0v) is 4.49. The maximum absolute atomic E-state index is 5.39. The normalized spacial score (nSPS) is 8.17. The van der Waals surface area contributed by atoms with Crippen molar-refractivity contribution in [2.24, 2.45) is 0 Å². The van der Waals surface area contributed by atoms with Gasteiger partial charge in [-0.3, -0.25) is 0 Å². The summed E-state index contributed by atoms with van der Waals surface area (Å²) >= 11 is 0. The van der Waals surface area contributed by atoms with E-state index in [1.54, 1.807) is 0 Å². The third-order valence-electron chi connectivity index (χ3n) is 0.908. The molecule has 0 amide bonds. The molecule has 0 aromatic heterocycles. The van der Waals surface area contributed by atoms with E-state index in [4.69, 9.17) is 7.49 Å². The van der Waals surface area contributed by atoms with Crippen LogP contribution in [-0.2, 0) is 0 Å². The van der Waals surface area contributed by atoms with Crippen molar-refractivity contribution in [3.8, 4) is 0 Å². The van der Waals surface area contributed by atoms with Crippen LogP contribution in [0.15, 0.2) is 0 Å².